The Hall–Kier alpha value is 0.0300. The van der Waals surface area contributed by atoms with Gasteiger partial charge in [0.1, 0.15) is 0 Å². The van der Waals surface area contributed by atoms with E-state index in [1.54, 1.807) is 0 Å². The average Bonchev–Trinajstić information content (AvgIpc) is 1.61. The first kappa shape index (κ1) is 7.03. The van der Waals surface area contributed by atoms with Gasteiger partial charge >= 0.3 is 0 Å². The normalized spacial score (nSPS) is 14.0. The quantitative estimate of drug-likeness (QED) is 0.408. The molecule has 4 N–H and O–H groups in total. The molecule has 0 aliphatic rings. The molecule has 0 aromatic rings. The minimum atomic E-state index is -1.90. The van der Waals surface area contributed by atoms with Gasteiger partial charge in [-0.15, -0.1) is 0 Å². The second-order valence-electron chi connectivity index (χ2n) is 0.932. The summed E-state index contributed by atoms with van der Waals surface area (Å²) in [6, 6.07) is 0. The minimum Gasteiger partial charge on any atom is -0.329 e. The largest absolute Gasteiger partial charge is 0.329 e. The summed E-state index contributed by atoms with van der Waals surface area (Å²) in [7, 11) is 0. The third-order valence-electron chi connectivity index (χ3n) is 0.370. The Labute approximate surface area is 44.5 Å². The second kappa shape index (κ2) is 4.20. The molecule has 1 unspecified atom stereocenters. The van der Waals surface area contributed by atoms with Gasteiger partial charge in [-0.3, -0.25) is 4.55 Å². The summed E-state index contributed by atoms with van der Waals surface area (Å²) in [6.07, 6.45) is 0. The molecule has 7 heavy (non-hydrogen) atoms. The minimum absolute atomic E-state index is 0.378. The molecule has 0 aromatic heterocycles. The molecular formula is C2H8N2O2S. The van der Waals surface area contributed by atoms with Gasteiger partial charge in [0.05, 0.1) is 0 Å². The molecule has 1 atom stereocenters. The summed E-state index contributed by atoms with van der Waals surface area (Å²) in [5, 5.41) is 0. The van der Waals surface area contributed by atoms with Crippen molar-refractivity contribution >= 4 is 11.3 Å². The molecule has 5 heteroatoms. The number of hydrogen-bond acceptors (Lipinski definition) is 2. The molecule has 0 rings (SSSR count). The van der Waals surface area contributed by atoms with Gasteiger partial charge < -0.3 is 5.73 Å². The first-order chi connectivity index (χ1) is 3.27. The van der Waals surface area contributed by atoms with Gasteiger partial charge in [0.25, 0.3) is 0 Å². The van der Waals surface area contributed by atoms with Gasteiger partial charge in [-0.05, 0) is 0 Å². The molecule has 44 valence electrons. The smallest absolute Gasteiger partial charge is 0.231 e. The Morgan fingerprint density at radius 1 is 1.86 bits per heavy atom. The predicted octanol–water partition coefficient (Wildman–Crippen LogP) is -1.33. The number of nitrogens with two attached hydrogens (primary N) is 1. The first-order valence-electron chi connectivity index (χ1n) is 1.82. The molecular weight excluding hydrogens is 116 g/mol. The fraction of sp³-hybridized carbons (Fsp3) is 1.00. The zero-order chi connectivity index (χ0) is 5.70. The van der Waals surface area contributed by atoms with Crippen LogP contribution in [0.2, 0.25) is 0 Å². The molecule has 0 fully saturated rings. The van der Waals surface area contributed by atoms with Crippen LogP contribution < -0.4 is 10.5 Å². The Bertz CT molecular complexity index is 66.7. The summed E-state index contributed by atoms with van der Waals surface area (Å²) in [5.74, 6) is 0. The third-order valence-corrected chi connectivity index (χ3v) is 0.821. The SMILES string of the molecule is NCCNS(=O)O. The Morgan fingerprint density at radius 2 is 2.43 bits per heavy atom. The Balaban J connectivity index is 2.82. The maximum atomic E-state index is 9.70. The van der Waals surface area contributed by atoms with E-state index in [9.17, 15) is 4.21 Å². The van der Waals surface area contributed by atoms with Crippen LogP contribution in [0.3, 0.4) is 0 Å². The first-order valence-corrected chi connectivity index (χ1v) is 2.92. The van der Waals surface area contributed by atoms with E-state index >= 15 is 0 Å². The maximum Gasteiger partial charge on any atom is 0.231 e. The lowest BCUT2D eigenvalue weighted by Crippen LogP contribution is -2.23. The summed E-state index contributed by atoms with van der Waals surface area (Å²) in [4.78, 5) is 0. The van der Waals surface area contributed by atoms with Crippen LogP contribution in [0.25, 0.3) is 0 Å². The molecule has 0 aliphatic carbocycles. The molecule has 0 aliphatic heterocycles. The maximum absolute atomic E-state index is 9.70. The highest BCUT2D eigenvalue weighted by atomic mass is 32.2. The van der Waals surface area contributed by atoms with Crippen molar-refractivity contribution in [3.05, 3.63) is 0 Å². The summed E-state index contributed by atoms with van der Waals surface area (Å²) >= 11 is -1.90. The van der Waals surface area contributed by atoms with E-state index in [1.165, 1.54) is 0 Å². The van der Waals surface area contributed by atoms with E-state index in [4.69, 9.17) is 10.3 Å². The van der Waals surface area contributed by atoms with Crippen molar-refractivity contribution in [3.8, 4) is 0 Å². The Morgan fingerprint density at radius 3 is 2.57 bits per heavy atom. The molecule has 0 saturated heterocycles. The molecule has 0 aromatic carbocycles. The van der Waals surface area contributed by atoms with E-state index in [-0.39, 0.29) is 0 Å². The van der Waals surface area contributed by atoms with Crippen molar-refractivity contribution in [2.24, 2.45) is 5.73 Å². The monoisotopic (exact) mass is 124 g/mol. The molecule has 0 saturated carbocycles. The van der Waals surface area contributed by atoms with Crippen molar-refractivity contribution in [1.29, 1.82) is 0 Å². The van der Waals surface area contributed by atoms with Crippen molar-refractivity contribution in [2.75, 3.05) is 13.1 Å². The molecule has 0 bridgehead atoms. The van der Waals surface area contributed by atoms with E-state index in [0.29, 0.717) is 13.1 Å². The van der Waals surface area contributed by atoms with E-state index in [2.05, 4.69) is 4.72 Å². The van der Waals surface area contributed by atoms with Crippen LogP contribution in [-0.4, -0.2) is 21.9 Å². The molecule has 0 radical (unpaired) electrons. The second-order valence-corrected chi connectivity index (χ2v) is 1.72. The van der Waals surface area contributed by atoms with Gasteiger partial charge in [0.2, 0.25) is 11.3 Å². The van der Waals surface area contributed by atoms with Gasteiger partial charge in [-0.1, -0.05) is 0 Å². The van der Waals surface area contributed by atoms with E-state index in [1.807, 2.05) is 0 Å². The van der Waals surface area contributed by atoms with Gasteiger partial charge in [-0.2, -0.15) is 0 Å². The van der Waals surface area contributed by atoms with Crippen molar-refractivity contribution < 1.29 is 8.76 Å². The lowest BCUT2D eigenvalue weighted by molar-refractivity contribution is 0.550. The van der Waals surface area contributed by atoms with E-state index < -0.39 is 11.3 Å². The zero-order valence-corrected chi connectivity index (χ0v) is 4.57. The van der Waals surface area contributed by atoms with E-state index in [0.717, 1.165) is 0 Å². The highest BCUT2D eigenvalue weighted by molar-refractivity contribution is 7.77. The average molecular weight is 124 g/mol. The van der Waals surface area contributed by atoms with Crippen LogP contribution in [0.4, 0.5) is 0 Å². The van der Waals surface area contributed by atoms with Crippen molar-refractivity contribution in [3.63, 3.8) is 0 Å². The fourth-order valence-corrected chi connectivity index (χ4v) is 0.439. The molecule has 0 amide bonds. The Kier molecular flexibility index (Phi) is 4.21. The highest BCUT2D eigenvalue weighted by Crippen LogP contribution is 1.57. The number of hydrogen-bond donors (Lipinski definition) is 3. The molecule has 0 heterocycles. The summed E-state index contributed by atoms with van der Waals surface area (Å²) < 4.78 is 19.9. The number of nitrogens with one attached hydrogen (secondary N) is 1. The zero-order valence-electron chi connectivity index (χ0n) is 3.76. The highest BCUT2D eigenvalue weighted by Gasteiger charge is 1.84. The van der Waals surface area contributed by atoms with Gasteiger partial charge in [0.15, 0.2) is 0 Å². The topological polar surface area (TPSA) is 75.3 Å². The van der Waals surface area contributed by atoms with Crippen LogP contribution in [0.1, 0.15) is 0 Å². The van der Waals surface area contributed by atoms with Gasteiger partial charge in [-0.25, -0.2) is 8.93 Å². The number of rotatable bonds is 3. The molecule has 0 spiro atoms. The summed E-state index contributed by atoms with van der Waals surface area (Å²) in [6.45, 7) is 0.759. The molecule has 4 nitrogen and oxygen atoms in total. The van der Waals surface area contributed by atoms with Crippen LogP contribution in [0, 0.1) is 0 Å². The van der Waals surface area contributed by atoms with Crippen LogP contribution in [0.15, 0.2) is 0 Å². The van der Waals surface area contributed by atoms with Crippen molar-refractivity contribution in [1.82, 2.24) is 4.72 Å². The lowest BCUT2D eigenvalue weighted by Gasteiger charge is -1.90. The van der Waals surface area contributed by atoms with Crippen LogP contribution >= 0.6 is 0 Å². The summed E-state index contributed by atoms with van der Waals surface area (Å²) in [5.41, 5.74) is 4.97. The van der Waals surface area contributed by atoms with Crippen LogP contribution in [0.5, 0.6) is 0 Å². The predicted molar refractivity (Wildman–Crippen MR) is 27.8 cm³/mol. The standard InChI is InChI=1S/C2H8N2O2S/c3-1-2-4-7(5)6/h4H,1-3H2,(H,5,6). The van der Waals surface area contributed by atoms with Crippen molar-refractivity contribution in [2.45, 2.75) is 0 Å². The third kappa shape index (κ3) is 6.03. The fourth-order valence-electron chi connectivity index (χ4n) is 0.146. The lowest BCUT2D eigenvalue weighted by atomic mass is 10.7. The van der Waals surface area contributed by atoms with Crippen LogP contribution in [-0.2, 0) is 11.3 Å². The van der Waals surface area contributed by atoms with Gasteiger partial charge in [0, 0.05) is 13.1 Å².